The van der Waals surface area contributed by atoms with Gasteiger partial charge in [0, 0.05) is 18.9 Å². The molecule has 0 bridgehead atoms. The van der Waals surface area contributed by atoms with Crippen LogP contribution in [0.25, 0.3) is 0 Å². The first-order valence-electron chi connectivity index (χ1n) is 5.37. The second-order valence-corrected chi connectivity index (χ2v) is 4.96. The Morgan fingerprint density at radius 1 is 1.31 bits per heavy atom. The van der Waals surface area contributed by atoms with Gasteiger partial charge in [0.15, 0.2) is 12.4 Å². The second kappa shape index (κ2) is 6.49. The van der Waals surface area contributed by atoms with Crippen LogP contribution in [0.1, 0.15) is 24.4 Å². The molecule has 4 heteroatoms. The molecule has 1 aliphatic heterocycles. The number of likely N-dealkylation sites (tertiary alicyclic amines) is 1. The second-order valence-electron chi connectivity index (χ2n) is 4.96. The number of aryl methyl sites for hydroxylation is 1. The van der Waals surface area contributed by atoms with Crippen molar-refractivity contribution in [3.8, 4) is 0 Å². The smallest absolute Gasteiger partial charge is 0.177 e. The zero-order chi connectivity index (χ0) is 10.2. The van der Waals surface area contributed by atoms with Crippen LogP contribution in [0, 0.1) is 0 Å². The van der Waals surface area contributed by atoms with Crippen LogP contribution in [0.15, 0.2) is 24.5 Å². The van der Waals surface area contributed by atoms with Crippen LogP contribution in [0.2, 0.25) is 0 Å². The van der Waals surface area contributed by atoms with Gasteiger partial charge in [-0.25, -0.2) is 4.57 Å². The van der Waals surface area contributed by atoms with Crippen molar-refractivity contribution in [3.63, 3.8) is 0 Å². The van der Waals surface area contributed by atoms with E-state index < -0.39 is 0 Å². The van der Waals surface area contributed by atoms with Crippen molar-refractivity contribution in [1.82, 2.24) is 0 Å². The number of nitrogens with zero attached hydrogens (tertiary/aromatic N) is 2. The Kier molecular flexibility index (Phi) is 6.72. The van der Waals surface area contributed by atoms with Crippen molar-refractivity contribution in [2.45, 2.75) is 18.9 Å². The lowest BCUT2D eigenvalue weighted by molar-refractivity contribution is -0.908. The third kappa shape index (κ3) is 3.53. The van der Waals surface area contributed by atoms with E-state index in [1.54, 1.807) is 0 Å². The lowest BCUT2D eigenvalue weighted by Crippen LogP contribution is -3.00. The molecule has 1 saturated heterocycles. The Labute approximate surface area is 133 Å². The number of hydrogen-bond donors (Lipinski definition) is 0. The SMILES string of the molecule is C[n+]1cccc(C2CCC[N+]2(C)C)c1.[I-].[I-]. The number of hydrogen-bond acceptors (Lipinski definition) is 0. The van der Waals surface area contributed by atoms with Crippen LogP contribution >= 0.6 is 0 Å². The zero-order valence-corrected chi connectivity index (χ0v) is 14.5. The largest absolute Gasteiger partial charge is 1.00 e. The summed E-state index contributed by atoms with van der Waals surface area (Å²) in [7, 11) is 6.77. The Bertz CT molecular complexity index is 340. The highest BCUT2D eigenvalue weighted by Gasteiger charge is 2.36. The molecule has 92 valence electrons. The van der Waals surface area contributed by atoms with E-state index in [4.69, 9.17) is 0 Å². The maximum atomic E-state index is 2.34. The van der Waals surface area contributed by atoms with E-state index in [1.165, 1.54) is 24.9 Å². The first-order valence-corrected chi connectivity index (χ1v) is 5.37. The lowest BCUT2D eigenvalue weighted by Gasteiger charge is -2.31. The van der Waals surface area contributed by atoms with Gasteiger partial charge in [0.1, 0.15) is 13.1 Å². The molecule has 1 fully saturated rings. The first kappa shape index (κ1) is 16.6. The molecular weight excluding hydrogens is 426 g/mol. The predicted octanol–water partition coefficient (Wildman–Crippen LogP) is -4.57. The summed E-state index contributed by atoms with van der Waals surface area (Å²) in [5, 5.41) is 0. The summed E-state index contributed by atoms with van der Waals surface area (Å²) < 4.78 is 3.29. The van der Waals surface area contributed by atoms with Gasteiger partial charge in [-0.1, -0.05) is 0 Å². The number of halogens is 2. The van der Waals surface area contributed by atoms with E-state index in [0.29, 0.717) is 6.04 Å². The minimum atomic E-state index is 0. The first-order chi connectivity index (χ1) is 6.59. The molecule has 0 aliphatic carbocycles. The number of aromatic nitrogens is 1. The number of rotatable bonds is 1. The minimum absolute atomic E-state index is 0. The van der Waals surface area contributed by atoms with Gasteiger partial charge in [-0.15, -0.1) is 0 Å². The van der Waals surface area contributed by atoms with Crippen LogP contribution < -0.4 is 52.5 Å². The molecule has 1 aromatic heterocycles. The molecule has 2 nitrogen and oxygen atoms in total. The van der Waals surface area contributed by atoms with Gasteiger partial charge in [-0.05, 0) is 6.07 Å². The Hall–Kier alpha value is 0.570. The molecule has 16 heavy (non-hydrogen) atoms. The van der Waals surface area contributed by atoms with Crippen molar-refractivity contribution >= 4 is 0 Å². The Morgan fingerprint density at radius 2 is 2.00 bits per heavy atom. The highest BCUT2D eigenvalue weighted by Crippen LogP contribution is 2.34. The molecule has 0 N–H and O–H groups in total. The normalized spacial score (nSPS) is 22.1. The van der Waals surface area contributed by atoms with Gasteiger partial charge in [-0.2, -0.15) is 0 Å². The van der Waals surface area contributed by atoms with E-state index in [1.807, 2.05) is 0 Å². The molecule has 1 aliphatic rings. The van der Waals surface area contributed by atoms with Crippen molar-refractivity contribution < 1.29 is 57.0 Å². The van der Waals surface area contributed by atoms with Gasteiger partial charge in [0.05, 0.1) is 26.2 Å². The lowest BCUT2D eigenvalue weighted by atomic mass is 10.1. The number of pyridine rings is 1. The highest BCUT2D eigenvalue weighted by molar-refractivity contribution is 5.10. The van der Waals surface area contributed by atoms with E-state index in [-0.39, 0.29) is 48.0 Å². The topological polar surface area (TPSA) is 3.88 Å². The molecule has 2 rings (SSSR count). The summed E-state index contributed by atoms with van der Waals surface area (Å²) in [4.78, 5) is 0. The molecule has 1 atom stereocenters. The summed E-state index contributed by atoms with van der Waals surface area (Å²) in [5.74, 6) is 0. The van der Waals surface area contributed by atoms with Gasteiger partial charge in [-0.3, -0.25) is 0 Å². The maximum Gasteiger partial charge on any atom is 0.177 e. The molecule has 0 radical (unpaired) electrons. The Morgan fingerprint density at radius 3 is 2.50 bits per heavy atom. The quantitative estimate of drug-likeness (QED) is 0.233. The average molecular weight is 446 g/mol. The fourth-order valence-corrected chi connectivity index (χ4v) is 2.58. The van der Waals surface area contributed by atoms with Gasteiger partial charge >= 0.3 is 0 Å². The van der Waals surface area contributed by atoms with E-state index in [9.17, 15) is 0 Å². The van der Waals surface area contributed by atoms with Crippen molar-refractivity contribution in [1.29, 1.82) is 0 Å². The van der Waals surface area contributed by atoms with Gasteiger partial charge in [0.25, 0.3) is 0 Å². The molecule has 0 saturated carbocycles. The van der Waals surface area contributed by atoms with Crippen molar-refractivity contribution in [2.75, 3.05) is 20.6 Å². The van der Waals surface area contributed by atoms with Crippen LogP contribution in [0.4, 0.5) is 0 Å². The van der Waals surface area contributed by atoms with E-state index in [0.717, 1.165) is 4.48 Å². The summed E-state index contributed by atoms with van der Waals surface area (Å²) in [5.41, 5.74) is 1.48. The van der Waals surface area contributed by atoms with Crippen LogP contribution in [0.3, 0.4) is 0 Å². The van der Waals surface area contributed by atoms with Crippen LogP contribution in [0.5, 0.6) is 0 Å². The molecule has 0 aromatic carbocycles. The van der Waals surface area contributed by atoms with E-state index in [2.05, 4.69) is 50.2 Å². The molecule has 0 spiro atoms. The number of quaternary nitrogens is 1. The molecule has 0 amide bonds. The maximum absolute atomic E-state index is 2.34. The molecular formula is C12H20I2N2. The van der Waals surface area contributed by atoms with Gasteiger partial charge in [0.2, 0.25) is 0 Å². The summed E-state index contributed by atoms with van der Waals surface area (Å²) in [6, 6.07) is 5.10. The van der Waals surface area contributed by atoms with Crippen molar-refractivity contribution in [3.05, 3.63) is 30.1 Å². The predicted molar refractivity (Wildman–Crippen MR) is 56.6 cm³/mol. The monoisotopic (exact) mass is 446 g/mol. The van der Waals surface area contributed by atoms with E-state index >= 15 is 0 Å². The highest BCUT2D eigenvalue weighted by atomic mass is 127. The summed E-state index contributed by atoms with van der Waals surface area (Å²) in [6.07, 6.45) is 7.04. The molecule has 2 heterocycles. The summed E-state index contributed by atoms with van der Waals surface area (Å²) in [6.45, 7) is 1.31. The minimum Gasteiger partial charge on any atom is -1.00 e. The fraction of sp³-hybridized carbons (Fsp3) is 0.583. The summed E-state index contributed by atoms with van der Waals surface area (Å²) >= 11 is 0. The molecule has 1 aromatic rings. The van der Waals surface area contributed by atoms with Crippen molar-refractivity contribution in [2.24, 2.45) is 7.05 Å². The fourth-order valence-electron chi connectivity index (χ4n) is 2.58. The van der Waals surface area contributed by atoms with Crippen LogP contribution in [-0.4, -0.2) is 25.1 Å². The molecule has 1 unspecified atom stereocenters. The standard InChI is InChI=1S/C12H20N2.2HI/c1-13-8-4-6-11(10-13)12-7-5-9-14(12,2)3;;/h4,6,8,10,12H,5,7,9H2,1-3H3;2*1H/q+2;;/p-2. The third-order valence-electron chi connectivity index (χ3n) is 3.40. The van der Waals surface area contributed by atoms with Crippen LogP contribution in [-0.2, 0) is 7.05 Å². The Balaban J connectivity index is 0.00000112. The third-order valence-corrected chi connectivity index (χ3v) is 3.40. The average Bonchev–Trinajstić information content (AvgIpc) is 2.45. The van der Waals surface area contributed by atoms with Gasteiger partial charge < -0.3 is 52.4 Å². The zero-order valence-electron chi connectivity index (χ0n) is 10.2.